The van der Waals surface area contributed by atoms with Gasteiger partial charge in [-0.2, -0.15) is 5.10 Å². The number of halogens is 1. The number of hydrogen-bond acceptors (Lipinski definition) is 4. The average Bonchev–Trinajstić information content (AvgIpc) is 2.69. The van der Waals surface area contributed by atoms with Crippen molar-refractivity contribution in [2.24, 2.45) is 12.8 Å². The first-order valence-electron chi connectivity index (χ1n) is 5.51. The summed E-state index contributed by atoms with van der Waals surface area (Å²) in [6.07, 6.45) is 0. The fraction of sp³-hybridized carbons (Fsp3) is 0.333. The van der Waals surface area contributed by atoms with E-state index >= 15 is 0 Å². The lowest BCUT2D eigenvalue weighted by Crippen LogP contribution is -1.99. The molecule has 0 saturated carbocycles. The number of nitrogens with two attached hydrogens (primary N) is 1. The Labute approximate surface area is 111 Å². The number of aromatic nitrogens is 3. The molecule has 6 heteroatoms. The number of aryl methyl sites for hydroxylation is 2. The van der Waals surface area contributed by atoms with Crippen LogP contribution in [0.3, 0.4) is 0 Å². The fourth-order valence-corrected chi connectivity index (χ4v) is 2.20. The normalized spacial score (nSPS) is 10.7. The van der Waals surface area contributed by atoms with Crippen molar-refractivity contribution in [1.82, 2.24) is 14.8 Å². The second-order valence-electron chi connectivity index (χ2n) is 3.98. The quantitative estimate of drug-likeness (QED) is 0.922. The van der Waals surface area contributed by atoms with Crippen LogP contribution in [0.15, 0.2) is 12.1 Å². The van der Waals surface area contributed by atoms with Crippen molar-refractivity contribution in [3.63, 3.8) is 0 Å². The molecule has 0 aliphatic carbocycles. The summed E-state index contributed by atoms with van der Waals surface area (Å²) in [5.74, 6) is 2.03. The van der Waals surface area contributed by atoms with E-state index in [0.717, 1.165) is 16.9 Å². The highest BCUT2D eigenvalue weighted by Gasteiger charge is 2.16. The van der Waals surface area contributed by atoms with Crippen LogP contribution in [0, 0.1) is 6.92 Å². The van der Waals surface area contributed by atoms with E-state index in [1.807, 2.05) is 26.1 Å². The Morgan fingerprint density at radius 2 is 2.17 bits per heavy atom. The summed E-state index contributed by atoms with van der Waals surface area (Å²) in [5, 5.41) is 4.86. The van der Waals surface area contributed by atoms with E-state index in [2.05, 4.69) is 10.1 Å². The molecule has 0 aliphatic rings. The Kier molecular flexibility index (Phi) is 3.54. The van der Waals surface area contributed by atoms with E-state index < -0.39 is 0 Å². The largest absolute Gasteiger partial charge is 0.496 e. The maximum absolute atomic E-state index is 6.08. The summed E-state index contributed by atoms with van der Waals surface area (Å²) in [6.45, 7) is 2.24. The van der Waals surface area contributed by atoms with Gasteiger partial charge in [-0.3, -0.25) is 0 Å². The number of rotatable bonds is 3. The van der Waals surface area contributed by atoms with Crippen LogP contribution >= 0.6 is 11.6 Å². The Morgan fingerprint density at radius 1 is 1.44 bits per heavy atom. The molecule has 0 saturated heterocycles. The molecule has 1 aromatic heterocycles. The maximum atomic E-state index is 6.08. The van der Waals surface area contributed by atoms with Crippen LogP contribution < -0.4 is 10.5 Å². The molecule has 0 bridgehead atoms. The van der Waals surface area contributed by atoms with Gasteiger partial charge < -0.3 is 10.5 Å². The molecule has 0 spiro atoms. The third kappa shape index (κ3) is 2.19. The van der Waals surface area contributed by atoms with Crippen LogP contribution in [-0.2, 0) is 13.6 Å². The minimum Gasteiger partial charge on any atom is -0.496 e. The second-order valence-corrected chi connectivity index (χ2v) is 4.42. The highest BCUT2D eigenvalue weighted by atomic mass is 35.5. The lowest BCUT2D eigenvalue weighted by atomic mass is 10.1. The van der Waals surface area contributed by atoms with Gasteiger partial charge in [-0.25, -0.2) is 9.67 Å². The van der Waals surface area contributed by atoms with Gasteiger partial charge in [0, 0.05) is 12.1 Å². The zero-order chi connectivity index (χ0) is 13.3. The van der Waals surface area contributed by atoms with E-state index in [9.17, 15) is 0 Å². The fourth-order valence-electron chi connectivity index (χ4n) is 1.93. The van der Waals surface area contributed by atoms with Gasteiger partial charge in [-0.1, -0.05) is 11.6 Å². The molecule has 0 amide bonds. The van der Waals surface area contributed by atoms with Gasteiger partial charge in [0.25, 0.3) is 0 Å². The molecule has 18 heavy (non-hydrogen) atoms. The Hall–Kier alpha value is -1.59. The highest BCUT2D eigenvalue weighted by molar-refractivity contribution is 6.31. The van der Waals surface area contributed by atoms with E-state index in [4.69, 9.17) is 22.1 Å². The lowest BCUT2D eigenvalue weighted by Gasteiger charge is -2.11. The minimum atomic E-state index is 0.301. The maximum Gasteiger partial charge on any atom is 0.164 e. The molecule has 0 fully saturated rings. The monoisotopic (exact) mass is 266 g/mol. The lowest BCUT2D eigenvalue weighted by molar-refractivity contribution is 0.413. The minimum absolute atomic E-state index is 0.301. The predicted octanol–water partition coefficient (Wildman–Crippen LogP) is 1.91. The van der Waals surface area contributed by atoms with Crippen molar-refractivity contribution in [2.75, 3.05) is 7.11 Å². The Balaban J connectivity index is 2.65. The summed E-state index contributed by atoms with van der Waals surface area (Å²) in [6, 6.07) is 3.67. The van der Waals surface area contributed by atoms with Crippen LogP contribution in [0.4, 0.5) is 0 Å². The molecule has 2 aromatic rings. The van der Waals surface area contributed by atoms with E-state index in [-0.39, 0.29) is 0 Å². The number of benzene rings is 1. The van der Waals surface area contributed by atoms with E-state index in [1.54, 1.807) is 11.8 Å². The summed E-state index contributed by atoms with van der Waals surface area (Å²) in [4.78, 5) is 4.38. The molecule has 0 atom stereocenters. The molecule has 1 aromatic carbocycles. The molecule has 5 nitrogen and oxygen atoms in total. The number of nitrogens with zero attached hydrogens (tertiary/aromatic N) is 3. The third-order valence-corrected chi connectivity index (χ3v) is 2.89. The smallest absolute Gasteiger partial charge is 0.164 e. The van der Waals surface area contributed by atoms with Gasteiger partial charge >= 0.3 is 0 Å². The molecule has 0 aliphatic heterocycles. The molecule has 0 radical (unpaired) electrons. The zero-order valence-electron chi connectivity index (χ0n) is 10.6. The zero-order valence-corrected chi connectivity index (χ0v) is 11.3. The molecule has 96 valence electrons. The SMILES string of the molecule is COc1c(C)cc(Cl)cc1-c1nc(CN)nn1C. The topological polar surface area (TPSA) is 66.0 Å². The summed E-state index contributed by atoms with van der Waals surface area (Å²) < 4.78 is 7.09. The van der Waals surface area contributed by atoms with Crippen LogP contribution in [0.5, 0.6) is 5.75 Å². The van der Waals surface area contributed by atoms with Crippen LogP contribution in [-0.4, -0.2) is 21.9 Å². The van der Waals surface area contributed by atoms with Crippen LogP contribution in [0.25, 0.3) is 11.4 Å². The van der Waals surface area contributed by atoms with Crippen molar-refractivity contribution in [3.8, 4) is 17.1 Å². The molecule has 0 unspecified atom stereocenters. The van der Waals surface area contributed by atoms with Crippen molar-refractivity contribution in [3.05, 3.63) is 28.5 Å². The molecule has 2 N–H and O–H groups in total. The first-order valence-corrected chi connectivity index (χ1v) is 5.89. The van der Waals surface area contributed by atoms with Gasteiger partial charge in [0.15, 0.2) is 11.6 Å². The number of methoxy groups -OCH3 is 1. The summed E-state index contributed by atoms with van der Waals surface area (Å²) >= 11 is 6.08. The van der Waals surface area contributed by atoms with E-state index in [1.165, 1.54) is 0 Å². The molecular formula is C12H15ClN4O. The van der Waals surface area contributed by atoms with E-state index in [0.29, 0.717) is 23.2 Å². The van der Waals surface area contributed by atoms with Crippen molar-refractivity contribution in [2.45, 2.75) is 13.5 Å². The van der Waals surface area contributed by atoms with Crippen LogP contribution in [0.2, 0.25) is 5.02 Å². The first-order chi connectivity index (χ1) is 8.56. The summed E-state index contributed by atoms with van der Waals surface area (Å²) in [5.41, 5.74) is 7.32. The highest BCUT2D eigenvalue weighted by Crippen LogP contribution is 2.34. The van der Waals surface area contributed by atoms with Gasteiger partial charge in [0.05, 0.1) is 19.2 Å². The number of hydrogen-bond donors (Lipinski definition) is 1. The van der Waals surface area contributed by atoms with Gasteiger partial charge in [0.1, 0.15) is 5.75 Å². The summed E-state index contributed by atoms with van der Waals surface area (Å²) in [7, 11) is 3.44. The van der Waals surface area contributed by atoms with Gasteiger partial charge in [-0.15, -0.1) is 0 Å². The standard InChI is InChI=1S/C12H15ClN4O/c1-7-4-8(13)5-9(11(7)18-3)12-15-10(6-14)16-17(12)2/h4-5H,6,14H2,1-3H3. The first kappa shape index (κ1) is 12.9. The number of ether oxygens (including phenoxy) is 1. The third-order valence-electron chi connectivity index (χ3n) is 2.67. The van der Waals surface area contributed by atoms with Gasteiger partial charge in [0.2, 0.25) is 0 Å². The molecule has 2 rings (SSSR count). The van der Waals surface area contributed by atoms with Crippen molar-refractivity contribution >= 4 is 11.6 Å². The second kappa shape index (κ2) is 4.96. The van der Waals surface area contributed by atoms with Crippen LogP contribution in [0.1, 0.15) is 11.4 Å². The van der Waals surface area contributed by atoms with Gasteiger partial charge in [-0.05, 0) is 24.6 Å². The molecular weight excluding hydrogens is 252 g/mol. The van der Waals surface area contributed by atoms with Crippen molar-refractivity contribution in [1.29, 1.82) is 0 Å². The molecule has 1 heterocycles. The average molecular weight is 267 g/mol. The Bertz CT molecular complexity index is 580. The predicted molar refractivity (Wildman–Crippen MR) is 70.6 cm³/mol. The Morgan fingerprint density at radius 3 is 2.72 bits per heavy atom. The van der Waals surface area contributed by atoms with Crippen molar-refractivity contribution < 1.29 is 4.74 Å².